The van der Waals surface area contributed by atoms with Gasteiger partial charge in [-0.1, -0.05) is 294 Å². The van der Waals surface area contributed by atoms with Crippen molar-refractivity contribution in [3.05, 3.63) is 170 Å². The first-order valence-corrected chi connectivity index (χ1v) is 32.6. The number of hydrogen-bond acceptors (Lipinski definition) is 6. The highest BCUT2D eigenvalue weighted by Crippen LogP contribution is 2.14. The van der Waals surface area contributed by atoms with Crippen LogP contribution in [-0.2, 0) is 28.6 Å². The van der Waals surface area contributed by atoms with Crippen LogP contribution in [0.3, 0.4) is 0 Å². The summed E-state index contributed by atoms with van der Waals surface area (Å²) in [5.41, 5.74) is 0. The minimum atomic E-state index is -0.829. The highest BCUT2D eigenvalue weighted by Gasteiger charge is 2.19. The van der Waals surface area contributed by atoms with Crippen molar-refractivity contribution >= 4 is 17.9 Å². The van der Waals surface area contributed by atoms with Crippen molar-refractivity contribution in [1.82, 2.24) is 0 Å². The minimum Gasteiger partial charge on any atom is -0.462 e. The molecule has 0 saturated heterocycles. The van der Waals surface area contributed by atoms with Gasteiger partial charge >= 0.3 is 17.9 Å². The number of esters is 3. The zero-order valence-corrected chi connectivity index (χ0v) is 52.0. The Balaban J connectivity index is 4.36. The number of carbonyl (C=O) groups is 3. The monoisotopic (exact) mass is 1110 g/mol. The van der Waals surface area contributed by atoms with Crippen LogP contribution in [0.5, 0.6) is 0 Å². The lowest BCUT2D eigenvalue weighted by Gasteiger charge is -2.18. The van der Waals surface area contributed by atoms with Crippen LogP contribution in [0.2, 0.25) is 0 Å². The van der Waals surface area contributed by atoms with Gasteiger partial charge in [-0.05, 0) is 122 Å². The van der Waals surface area contributed by atoms with Crippen molar-refractivity contribution in [2.24, 2.45) is 0 Å². The van der Waals surface area contributed by atoms with Crippen molar-refractivity contribution in [3.8, 4) is 0 Å². The molecule has 0 bridgehead atoms. The number of carbonyl (C=O) groups excluding carboxylic acids is 3. The second-order valence-electron chi connectivity index (χ2n) is 20.9. The number of unbranched alkanes of at least 4 members (excludes halogenated alkanes) is 18. The van der Waals surface area contributed by atoms with Crippen LogP contribution in [0.4, 0.5) is 0 Å². The van der Waals surface area contributed by atoms with E-state index in [2.05, 4.69) is 179 Å². The Morgan fingerprint density at radius 2 is 0.506 bits per heavy atom. The van der Waals surface area contributed by atoms with E-state index >= 15 is 0 Å². The summed E-state index contributed by atoms with van der Waals surface area (Å²) >= 11 is 0. The maximum atomic E-state index is 12.9. The SMILES string of the molecule is CC/C=C\C/C=C\C/C=C\C/C=C\C/C=C\C/C=C\C/C=C\C/C=C\CCCCCCCCCCC(=O)OCC(COC(=O)CCCCCCCCCCCCC)OC(=O)CC/C=C\C/C=C\C/C=C\C/C=C\C/C=C\C/C=C\CC. The summed E-state index contributed by atoms with van der Waals surface area (Å²) in [6, 6.07) is 0. The quantitative estimate of drug-likeness (QED) is 0.0261. The van der Waals surface area contributed by atoms with Crippen LogP contribution >= 0.6 is 0 Å². The van der Waals surface area contributed by atoms with E-state index in [-0.39, 0.29) is 31.6 Å². The fourth-order valence-electron chi connectivity index (χ4n) is 8.43. The molecule has 0 aliphatic rings. The number of ether oxygens (including phenoxy) is 3. The zero-order chi connectivity index (χ0) is 58.5. The number of rotatable bonds is 57. The van der Waals surface area contributed by atoms with E-state index in [4.69, 9.17) is 14.2 Å². The maximum Gasteiger partial charge on any atom is 0.306 e. The molecule has 0 aliphatic heterocycles. The molecule has 1 atom stereocenters. The Kier molecular flexibility index (Phi) is 62.9. The summed E-state index contributed by atoms with van der Waals surface area (Å²) in [5.74, 6) is -1.01. The third kappa shape index (κ3) is 65.5. The lowest BCUT2D eigenvalue weighted by atomic mass is 10.1. The smallest absolute Gasteiger partial charge is 0.306 e. The molecule has 81 heavy (non-hydrogen) atoms. The molecule has 0 heterocycles. The second-order valence-corrected chi connectivity index (χ2v) is 20.9. The van der Waals surface area contributed by atoms with Gasteiger partial charge in [0.2, 0.25) is 0 Å². The largest absolute Gasteiger partial charge is 0.462 e. The topological polar surface area (TPSA) is 78.9 Å². The van der Waals surface area contributed by atoms with Crippen LogP contribution in [-0.4, -0.2) is 37.2 Å². The van der Waals surface area contributed by atoms with E-state index in [1.807, 2.05) is 12.2 Å². The average molecular weight is 1120 g/mol. The van der Waals surface area contributed by atoms with Crippen LogP contribution in [0.25, 0.3) is 0 Å². The minimum absolute atomic E-state index is 0.115. The summed E-state index contributed by atoms with van der Waals surface area (Å²) in [7, 11) is 0. The summed E-state index contributed by atoms with van der Waals surface area (Å²) in [6.07, 6.45) is 99.5. The highest BCUT2D eigenvalue weighted by molar-refractivity contribution is 5.71. The number of hydrogen-bond donors (Lipinski definition) is 0. The van der Waals surface area contributed by atoms with E-state index in [0.717, 1.165) is 135 Å². The molecule has 0 N–H and O–H groups in total. The van der Waals surface area contributed by atoms with E-state index in [0.29, 0.717) is 19.3 Å². The summed E-state index contributed by atoms with van der Waals surface area (Å²) < 4.78 is 16.8. The maximum absolute atomic E-state index is 12.9. The fourth-order valence-corrected chi connectivity index (χ4v) is 8.43. The third-order valence-electron chi connectivity index (χ3n) is 13.2. The molecular weight excluding hydrogens is 997 g/mol. The van der Waals surface area contributed by atoms with Crippen molar-refractivity contribution in [1.29, 1.82) is 0 Å². The lowest BCUT2D eigenvalue weighted by molar-refractivity contribution is -0.166. The molecule has 0 amide bonds. The van der Waals surface area contributed by atoms with Crippen molar-refractivity contribution < 1.29 is 28.6 Å². The zero-order valence-electron chi connectivity index (χ0n) is 52.0. The van der Waals surface area contributed by atoms with Crippen molar-refractivity contribution in [2.45, 2.75) is 271 Å². The molecule has 6 nitrogen and oxygen atoms in total. The van der Waals surface area contributed by atoms with Gasteiger partial charge in [-0.15, -0.1) is 0 Å². The van der Waals surface area contributed by atoms with E-state index in [1.54, 1.807) is 0 Å². The molecule has 6 heteroatoms. The first-order chi connectivity index (χ1) is 40.0. The van der Waals surface area contributed by atoms with Gasteiger partial charge in [0, 0.05) is 19.3 Å². The lowest BCUT2D eigenvalue weighted by Crippen LogP contribution is -2.30. The van der Waals surface area contributed by atoms with Gasteiger partial charge in [-0.25, -0.2) is 0 Å². The van der Waals surface area contributed by atoms with Crippen LogP contribution in [0.15, 0.2) is 170 Å². The Hall–Kier alpha value is -5.23. The Labute approximate surface area is 498 Å². The fraction of sp³-hybridized carbons (Fsp3) is 0.587. The van der Waals surface area contributed by atoms with Gasteiger partial charge in [0.1, 0.15) is 13.2 Å². The van der Waals surface area contributed by atoms with Gasteiger partial charge in [0.25, 0.3) is 0 Å². The van der Waals surface area contributed by atoms with Crippen LogP contribution in [0, 0.1) is 0 Å². The van der Waals surface area contributed by atoms with Gasteiger partial charge in [0.15, 0.2) is 6.10 Å². The summed E-state index contributed by atoms with van der Waals surface area (Å²) in [5, 5.41) is 0. The Morgan fingerprint density at radius 3 is 0.802 bits per heavy atom. The van der Waals surface area contributed by atoms with E-state index in [9.17, 15) is 14.4 Å². The molecule has 0 spiro atoms. The van der Waals surface area contributed by atoms with Crippen LogP contribution in [0.1, 0.15) is 265 Å². The molecule has 0 radical (unpaired) electrons. The molecule has 0 aliphatic carbocycles. The predicted octanol–water partition coefficient (Wildman–Crippen LogP) is 22.7. The highest BCUT2D eigenvalue weighted by atomic mass is 16.6. The standard InChI is InChI=1S/C75H118O6/c1-4-7-10-13-16-19-22-24-26-28-30-31-32-33-34-35-36-37-38-39-40-41-42-43-45-46-48-50-53-56-59-62-65-68-74(77)80-71-72(70-79-73(76)67-64-61-58-55-52-21-18-15-12-9-6-3)81-75(78)69-66-63-60-57-54-51-49-47-44-29-27-25-23-20-17-14-11-8-5-2/h7-8,10-11,16-17,19-20,24-27,30-31,33-34,36-37,39-40,42-44,47,51,54,60,63,72H,4-6,9,12-15,18,21-23,28-29,32,35,38,41,45-46,48-50,52-53,55-59,61-62,64-71H2,1-3H3/b10-7-,11-8-,19-16-,20-17-,26-24-,27-25-,31-30-,34-33-,37-36-,40-39-,43-42-,47-44-,54-51-,63-60-. The predicted molar refractivity (Wildman–Crippen MR) is 352 cm³/mol. The molecule has 0 fully saturated rings. The second kappa shape index (κ2) is 67.3. The molecule has 0 aromatic rings. The Morgan fingerprint density at radius 1 is 0.259 bits per heavy atom. The average Bonchev–Trinajstić information content (AvgIpc) is 3.47. The van der Waals surface area contributed by atoms with E-state index in [1.165, 1.54) is 83.5 Å². The molecule has 454 valence electrons. The molecule has 1 unspecified atom stereocenters. The van der Waals surface area contributed by atoms with Gasteiger partial charge in [-0.2, -0.15) is 0 Å². The summed E-state index contributed by atoms with van der Waals surface area (Å²) in [4.78, 5) is 38.2. The summed E-state index contributed by atoms with van der Waals surface area (Å²) in [6.45, 7) is 6.33. The van der Waals surface area contributed by atoms with E-state index < -0.39 is 12.1 Å². The number of allylic oxidation sites excluding steroid dienone is 28. The van der Waals surface area contributed by atoms with Gasteiger partial charge in [-0.3, -0.25) is 14.4 Å². The Bertz CT molecular complexity index is 1860. The first-order valence-electron chi connectivity index (χ1n) is 32.6. The molecule has 0 rings (SSSR count). The van der Waals surface area contributed by atoms with Crippen molar-refractivity contribution in [2.75, 3.05) is 13.2 Å². The normalized spacial score (nSPS) is 13.3. The molecule has 0 aromatic heterocycles. The van der Waals surface area contributed by atoms with Crippen LogP contribution < -0.4 is 0 Å². The molecular formula is C75H118O6. The molecule has 0 aromatic carbocycles. The van der Waals surface area contributed by atoms with Crippen molar-refractivity contribution in [3.63, 3.8) is 0 Å². The first kappa shape index (κ1) is 75.8. The van der Waals surface area contributed by atoms with Gasteiger partial charge in [0.05, 0.1) is 0 Å². The van der Waals surface area contributed by atoms with Gasteiger partial charge < -0.3 is 14.2 Å². The molecule has 0 saturated carbocycles. The third-order valence-corrected chi connectivity index (χ3v) is 13.2.